The average molecular weight is 271 g/mol. The van der Waals surface area contributed by atoms with Crippen molar-refractivity contribution in [1.82, 2.24) is 19.7 Å². The second kappa shape index (κ2) is 5.61. The lowest BCUT2D eigenvalue weighted by atomic mass is 9.78. The van der Waals surface area contributed by atoms with E-state index in [4.69, 9.17) is 0 Å². The van der Waals surface area contributed by atoms with Gasteiger partial charge in [-0.25, -0.2) is 14.6 Å². The van der Waals surface area contributed by atoms with Crippen molar-refractivity contribution in [3.05, 3.63) is 31.0 Å². The molecule has 1 N–H and O–H groups in total. The first-order chi connectivity index (χ1) is 9.74. The standard InChI is InChI=1S/C15H21N5/c1-11-4-3-5-12(2)15(11)19-13-6-7-14(17-8-13)20-10-16-9-18-20/h6-12,15,19H,3-5H2,1-2H3. The summed E-state index contributed by atoms with van der Waals surface area (Å²) in [6.45, 7) is 4.68. The quantitative estimate of drug-likeness (QED) is 0.932. The minimum absolute atomic E-state index is 0.544. The number of nitrogens with zero attached hydrogens (tertiary/aromatic N) is 4. The van der Waals surface area contributed by atoms with E-state index in [0.29, 0.717) is 17.9 Å². The molecule has 0 radical (unpaired) electrons. The number of aromatic nitrogens is 4. The molecule has 0 aromatic carbocycles. The van der Waals surface area contributed by atoms with Crippen molar-refractivity contribution in [2.75, 3.05) is 5.32 Å². The molecule has 2 aromatic heterocycles. The Morgan fingerprint density at radius 1 is 1.20 bits per heavy atom. The fourth-order valence-corrected chi connectivity index (χ4v) is 3.09. The molecule has 2 unspecified atom stereocenters. The highest BCUT2D eigenvalue weighted by molar-refractivity contribution is 5.44. The van der Waals surface area contributed by atoms with Gasteiger partial charge in [-0.15, -0.1) is 0 Å². The fourth-order valence-electron chi connectivity index (χ4n) is 3.09. The summed E-state index contributed by atoms with van der Waals surface area (Å²) >= 11 is 0. The molecule has 1 aliphatic carbocycles. The first kappa shape index (κ1) is 13.1. The van der Waals surface area contributed by atoms with Gasteiger partial charge >= 0.3 is 0 Å². The number of pyridine rings is 1. The summed E-state index contributed by atoms with van der Waals surface area (Å²) in [7, 11) is 0. The molecule has 5 heteroatoms. The van der Waals surface area contributed by atoms with Crippen LogP contribution in [0.3, 0.4) is 0 Å². The van der Waals surface area contributed by atoms with Gasteiger partial charge in [0.15, 0.2) is 5.82 Å². The lowest BCUT2D eigenvalue weighted by Gasteiger charge is -2.35. The predicted molar refractivity (Wildman–Crippen MR) is 78.7 cm³/mol. The van der Waals surface area contributed by atoms with E-state index >= 15 is 0 Å². The van der Waals surface area contributed by atoms with E-state index in [1.54, 1.807) is 11.0 Å². The molecule has 20 heavy (non-hydrogen) atoms. The van der Waals surface area contributed by atoms with Crippen LogP contribution >= 0.6 is 0 Å². The third-order valence-electron chi connectivity index (χ3n) is 4.28. The Morgan fingerprint density at radius 2 is 2.00 bits per heavy atom. The summed E-state index contributed by atoms with van der Waals surface area (Å²) in [5, 5.41) is 7.72. The van der Waals surface area contributed by atoms with E-state index in [2.05, 4.69) is 40.3 Å². The maximum atomic E-state index is 4.43. The normalized spacial score (nSPS) is 26.4. The maximum Gasteiger partial charge on any atom is 0.155 e. The minimum atomic E-state index is 0.544. The van der Waals surface area contributed by atoms with E-state index < -0.39 is 0 Å². The third-order valence-corrected chi connectivity index (χ3v) is 4.28. The van der Waals surface area contributed by atoms with Gasteiger partial charge in [-0.05, 0) is 36.8 Å². The molecule has 106 valence electrons. The zero-order chi connectivity index (χ0) is 13.9. The average Bonchev–Trinajstić information content (AvgIpc) is 2.98. The van der Waals surface area contributed by atoms with Gasteiger partial charge in [-0.1, -0.05) is 20.3 Å². The third kappa shape index (κ3) is 2.66. The van der Waals surface area contributed by atoms with Crippen LogP contribution in [0.25, 0.3) is 5.82 Å². The van der Waals surface area contributed by atoms with Crippen molar-refractivity contribution in [2.45, 2.75) is 39.2 Å². The van der Waals surface area contributed by atoms with E-state index in [1.807, 2.05) is 12.3 Å². The van der Waals surface area contributed by atoms with Gasteiger partial charge in [-0.3, -0.25) is 0 Å². The first-order valence-electron chi connectivity index (χ1n) is 7.31. The molecule has 1 aliphatic rings. The summed E-state index contributed by atoms with van der Waals surface area (Å²) in [5.41, 5.74) is 1.08. The number of hydrogen-bond donors (Lipinski definition) is 1. The Morgan fingerprint density at radius 3 is 2.60 bits per heavy atom. The second-order valence-electron chi connectivity index (χ2n) is 5.80. The number of rotatable bonds is 3. The van der Waals surface area contributed by atoms with Gasteiger partial charge in [0.1, 0.15) is 12.7 Å². The van der Waals surface area contributed by atoms with E-state index in [-0.39, 0.29) is 0 Å². The Hall–Kier alpha value is -1.91. The van der Waals surface area contributed by atoms with Crippen molar-refractivity contribution >= 4 is 5.69 Å². The van der Waals surface area contributed by atoms with Crippen molar-refractivity contribution in [3.8, 4) is 5.82 Å². The van der Waals surface area contributed by atoms with Crippen LogP contribution in [0.4, 0.5) is 5.69 Å². The van der Waals surface area contributed by atoms with Gasteiger partial charge in [0, 0.05) is 6.04 Å². The smallest absolute Gasteiger partial charge is 0.155 e. The SMILES string of the molecule is CC1CCCC(C)C1Nc1ccc(-n2cncn2)nc1. The topological polar surface area (TPSA) is 55.6 Å². The summed E-state index contributed by atoms with van der Waals surface area (Å²) in [4.78, 5) is 8.37. The van der Waals surface area contributed by atoms with Gasteiger partial charge < -0.3 is 5.32 Å². The van der Waals surface area contributed by atoms with Crippen LogP contribution in [-0.4, -0.2) is 25.8 Å². The zero-order valence-electron chi connectivity index (χ0n) is 12.0. The molecule has 0 spiro atoms. The monoisotopic (exact) mass is 271 g/mol. The Balaban J connectivity index is 1.71. The molecule has 0 saturated heterocycles. The molecule has 2 aromatic rings. The van der Waals surface area contributed by atoms with E-state index in [9.17, 15) is 0 Å². The molecule has 1 fully saturated rings. The van der Waals surface area contributed by atoms with Crippen LogP contribution in [0.5, 0.6) is 0 Å². The molecule has 1 saturated carbocycles. The fraction of sp³-hybridized carbons (Fsp3) is 0.533. The molecule has 0 bridgehead atoms. The largest absolute Gasteiger partial charge is 0.381 e. The summed E-state index contributed by atoms with van der Waals surface area (Å²) in [6, 6.07) is 4.58. The molecule has 2 heterocycles. The molecule has 3 rings (SSSR count). The summed E-state index contributed by atoms with van der Waals surface area (Å²) in [6.07, 6.45) is 9.02. The van der Waals surface area contributed by atoms with Gasteiger partial charge in [0.25, 0.3) is 0 Å². The lowest BCUT2D eigenvalue weighted by Crippen LogP contribution is -2.37. The number of hydrogen-bond acceptors (Lipinski definition) is 4. The van der Waals surface area contributed by atoms with Crippen LogP contribution in [0.1, 0.15) is 33.1 Å². The Labute approximate surface area is 119 Å². The van der Waals surface area contributed by atoms with E-state index in [0.717, 1.165) is 11.5 Å². The maximum absolute atomic E-state index is 4.43. The first-order valence-corrected chi connectivity index (χ1v) is 7.31. The summed E-state index contributed by atoms with van der Waals surface area (Å²) < 4.78 is 1.66. The predicted octanol–water partition coefficient (Wildman–Crippen LogP) is 2.90. The van der Waals surface area contributed by atoms with E-state index in [1.165, 1.54) is 25.6 Å². The lowest BCUT2D eigenvalue weighted by molar-refractivity contribution is 0.268. The highest BCUT2D eigenvalue weighted by Gasteiger charge is 2.27. The summed E-state index contributed by atoms with van der Waals surface area (Å²) in [5.74, 6) is 2.22. The highest BCUT2D eigenvalue weighted by Crippen LogP contribution is 2.31. The number of anilines is 1. The van der Waals surface area contributed by atoms with Crippen molar-refractivity contribution < 1.29 is 0 Å². The van der Waals surface area contributed by atoms with Crippen molar-refractivity contribution in [1.29, 1.82) is 0 Å². The molecule has 0 aliphatic heterocycles. The zero-order valence-corrected chi connectivity index (χ0v) is 12.0. The Bertz CT molecular complexity index is 524. The molecular formula is C15H21N5. The molecule has 2 atom stereocenters. The molecule has 0 amide bonds. The van der Waals surface area contributed by atoms with Crippen LogP contribution in [-0.2, 0) is 0 Å². The molecule has 5 nitrogen and oxygen atoms in total. The molecular weight excluding hydrogens is 250 g/mol. The van der Waals surface area contributed by atoms with Crippen LogP contribution < -0.4 is 5.32 Å². The van der Waals surface area contributed by atoms with Crippen LogP contribution in [0.2, 0.25) is 0 Å². The Kier molecular flexibility index (Phi) is 3.67. The van der Waals surface area contributed by atoms with Crippen LogP contribution in [0, 0.1) is 11.8 Å². The van der Waals surface area contributed by atoms with Gasteiger partial charge in [0.05, 0.1) is 11.9 Å². The number of nitrogens with one attached hydrogen (secondary N) is 1. The minimum Gasteiger partial charge on any atom is -0.381 e. The van der Waals surface area contributed by atoms with Gasteiger partial charge in [-0.2, -0.15) is 5.10 Å². The van der Waals surface area contributed by atoms with Gasteiger partial charge in [0.2, 0.25) is 0 Å². The second-order valence-corrected chi connectivity index (χ2v) is 5.80. The van der Waals surface area contributed by atoms with Crippen molar-refractivity contribution in [3.63, 3.8) is 0 Å². The van der Waals surface area contributed by atoms with Crippen LogP contribution in [0.15, 0.2) is 31.0 Å². The van der Waals surface area contributed by atoms with Crippen molar-refractivity contribution in [2.24, 2.45) is 11.8 Å². The highest BCUT2D eigenvalue weighted by atomic mass is 15.3.